The van der Waals surface area contributed by atoms with Crippen LogP contribution in [0.2, 0.25) is 0 Å². The lowest BCUT2D eigenvalue weighted by Gasteiger charge is -2.29. The number of nitrogens with zero attached hydrogens (tertiary/aromatic N) is 2. The van der Waals surface area contributed by atoms with Crippen LogP contribution >= 0.6 is 0 Å². The number of aromatic nitrogens is 2. The van der Waals surface area contributed by atoms with Crippen LogP contribution in [0.15, 0.2) is 83.7 Å². The SMILES string of the molecule is CC(C)Cc1nc2c(c(=O)n1-c1ccccc1)C(c1ccccc1)c1ccc(O)cc1O2. The fraction of sp³-hybridized carbons (Fsp3) is 0.185. The van der Waals surface area contributed by atoms with E-state index in [4.69, 9.17) is 9.72 Å². The van der Waals surface area contributed by atoms with Crippen LogP contribution in [0.1, 0.15) is 42.3 Å². The van der Waals surface area contributed by atoms with Crippen molar-refractivity contribution in [2.45, 2.75) is 26.2 Å². The van der Waals surface area contributed by atoms with Crippen LogP contribution in [0.25, 0.3) is 5.69 Å². The Hall–Kier alpha value is -3.86. The van der Waals surface area contributed by atoms with E-state index in [1.54, 1.807) is 16.7 Å². The highest BCUT2D eigenvalue weighted by molar-refractivity contribution is 5.58. The summed E-state index contributed by atoms with van der Waals surface area (Å²) in [5, 5.41) is 10.0. The summed E-state index contributed by atoms with van der Waals surface area (Å²) in [5.74, 6) is 1.55. The molecule has 5 heteroatoms. The van der Waals surface area contributed by atoms with E-state index in [0.29, 0.717) is 35.4 Å². The summed E-state index contributed by atoms with van der Waals surface area (Å²) in [6, 6.07) is 24.5. The van der Waals surface area contributed by atoms with Crippen molar-refractivity contribution in [1.82, 2.24) is 9.55 Å². The number of hydrogen-bond donors (Lipinski definition) is 1. The molecule has 4 aromatic rings. The van der Waals surface area contributed by atoms with Crippen LogP contribution in [0.5, 0.6) is 17.4 Å². The molecule has 5 nitrogen and oxygen atoms in total. The summed E-state index contributed by atoms with van der Waals surface area (Å²) >= 11 is 0. The molecule has 5 rings (SSSR count). The van der Waals surface area contributed by atoms with Crippen molar-refractivity contribution in [3.8, 4) is 23.1 Å². The molecule has 1 aliphatic rings. The molecule has 32 heavy (non-hydrogen) atoms. The van der Waals surface area contributed by atoms with Crippen LogP contribution in [0.4, 0.5) is 0 Å². The smallest absolute Gasteiger partial charge is 0.266 e. The summed E-state index contributed by atoms with van der Waals surface area (Å²) in [5.41, 5.74) is 2.96. The van der Waals surface area contributed by atoms with Crippen molar-refractivity contribution in [3.63, 3.8) is 0 Å². The van der Waals surface area contributed by atoms with Crippen LogP contribution in [-0.2, 0) is 6.42 Å². The second kappa shape index (κ2) is 8.00. The molecular weight excluding hydrogens is 400 g/mol. The van der Waals surface area contributed by atoms with Crippen LogP contribution in [0, 0.1) is 5.92 Å². The maximum atomic E-state index is 14.1. The predicted molar refractivity (Wildman–Crippen MR) is 124 cm³/mol. The molecule has 0 saturated carbocycles. The molecule has 160 valence electrons. The summed E-state index contributed by atoms with van der Waals surface area (Å²) in [7, 11) is 0. The Morgan fingerprint density at radius 2 is 1.69 bits per heavy atom. The third-order valence-electron chi connectivity index (χ3n) is 5.69. The number of aromatic hydroxyl groups is 1. The molecule has 1 aliphatic heterocycles. The molecule has 3 aromatic carbocycles. The average Bonchev–Trinajstić information content (AvgIpc) is 2.78. The first kappa shape index (κ1) is 20.1. The van der Waals surface area contributed by atoms with Gasteiger partial charge in [-0.2, -0.15) is 4.98 Å². The first-order valence-electron chi connectivity index (χ1n) is 10.8. The van der Waals surface area contributed by atoms with Gasteiger partial charge >= 0.3 is 0 Å². The largest absolute Gasteiger partial charge is 0.508 e. The second-order valence-electron chi connectivity index (χ2n) is 8.49. The zero-order chi connectivity index (χ0) is 22.2. The van der Waals surface area contributed by atoms with Gasteiger partial charge in [-0.3, -0.25) is 9.36 Å². The van der Waals surface area contributed by atoms with Gasteiger partial charge in [-0.1, -0.05) is 68.4 Å². The second-order valence-corrected chi connectivity index (χ2v) is 8.49. The molecule has 0 radical (unpaired) electrons. The van der Waals surface area contributed by atoms with Gasteiger partial charge in [0.05, 0.1) is 11.3 Å². The van der Waals surface area contributed by atoms with Gasteiger partial charge in [0.15, 0.2) is 0 Å². The summed E-state index contributed by atoms with van der Waals surface area (Å²) in [6.07, 6.45) is 0.629. The van der Waals surface area contributed by atoms with Gasteiger partial charge in [0.1, 0.15) is 17.3 Å². The standard InChI is InChI=1S/C27H24N2O3/c1-17(2)15-23-28-26-25(27(31)29(23)19-11-7-4-8-12-19)24(18-9-5-3-6-10-18)21-14-13-20(30)16-22(21)32-26/h3-14,16-17,24,30H,15H2,1-2H3. The minimum atomic E-state index is -0.349. The van der Waals surface area contributed by atoms with Gasteiger partial charge in [0, 0.05) is 24.0 Å². The molecule has 2 heterocycles. The van der Waals surface area contributed by atoms with E-state index in [-0.39, 0.29) is 17.2 Å². The van der Waals surface area contributed by atoms with Crippen molar-refractivity contribution in [1.29, 1.82) is 0 Å². The van der Waals surface area contributed by atoms with E-state index < -0.39 is 0 Å². The Morgan fingerprint density at radius 3 is 2.38 bits per heavy atom. The van der Waals surface area contributed by atoms with Gasteiger partial charge in [-0.05, 0) is 29.7 Å². The number of ether oxygens (including phenoxy) is 1. The predicted octanol–water partition coefficient (Wildman–Crippen LogP) is 5.42. The molecule has 0 saturated heterocycles. The Bertz CT molecular complexity index is 1330. The highest BCUT2D eigenvalue weighted by Gasteiger charge is 2.34. The van der Waals surface area contributed by atoms with E-state index in [9.17, 15) is 9.90 Å². The van der Waals surface area contributed by atoms with Crippen LogP contribution in [0.3, 0.4) is 0 Å². The zero-order valence-corrected chi connectivity index (χ0v) is 18.0. The maximum absolute atomic E-state index is 14.1. The average molecular weight is 425 g/mol. The zero-order valence-electron chi connectivity index (χ0n) is 18.0. The molecule has 0 aliphatic carbocycles. The van der Waals surface area contributed by atoms with E-state index >= 15 is 0 Å². The van der Waals surface area contributed by atoms with Gasteiger partial charge < -0.3 is 9.84 Å². The van der Waals surface area contributed by atoms with Gasteiger partial charge in [0.2, 0.25) is 5.88 Å². The normalized spacial score (nSPS) is 14.5. The fourth-order valence-electron chi connectivity index (χ4n) is 4.33. The van der Waals surface area contributed by atoms with E-state index in [0.717, 1.165) is 16.8 Å². The van der Waals surface area contributed by atoms with Gasteiger partial charge in [0.25, 0.3) is 5.56 Å². The minimum Gasteiger partial charge on any atom is -0.508 e. The number of rotatable bonds is 4. The molecule has 1 atom stereocenters. The molecule has 1 unspecified atom stereocenters. The molecule has 1 N–H and O–H groups in total. The van der Waals surface area contributed by atoms with Crippen LogP contribution in [-0.4, -0.2) is 14.7 Å². The molecule has 0 amide bonds. The highest BCUT2D eigenvalue weighted by Crippen LogP contribution is 2.46. The van der Waals surface area contributed by atoms with Gasteiger partial charge in [-0.25, -0.2) is 0 Å². The molecule has 0 bridgehead atoms. The Kier molecular flexibility index (Phi) is 5.02. The van der Waals surface area contributed by atoms with E-state index in [1.165, 1.54) is 0 Å². The number of hydrogen-bond acceptors (Lipinski definition) is 4. The summed E-state index contributed by atoms with van der Waals surface area (Å²) in [4.78, 5) is 18.9. The third kappa shape index (κ3) is 3.46. The lowest BCUT2D eigenvalue weighted by atomic mass is 9.84. The lowest BCUT2D eigenvalue weighted by molar-refractivity contribution is 0.413. The van der Waals surface area contributed by atoms with E-state index in [1.807, 2.05) is 66.7 Å². The van der Waals surface area contributed by atoms with Crippen molar-refractivity contribution >= 4 is 0 Å². The number of para-hydroxylation sites is 1. The fourth-order valence-corrected chi connectivity index (χ4v) is 4.33. The maximum Gasteiger partial charge on any atom is 0.266 e. The molecule has 1 aromatic heterocycles. The van der Waals surface area contributed by atoms with Crippen molar-refractivity contribution in [2.75, 3.05) is 0 Å². The Balaban J connectivity index is 1.82. The first-order chi connectivity index (χ1) is 15.5. The van der Waals surface area contributed by atoms with Crippen molar-refractivity contribution in [3.05, 3.63) is 112 Å². The monoisotopic (exact) mass is 424 g/mol. The van der Waals surface area contributed by atoms with Crippen molar-refractivity contribution < 1.29 is 9.84 Å². The number of phenolic OH excluding ortho intramolecular Hbond substituents is 1. The van der Waals surface area contributed by atoms with Gasteiger partial charge in [-0.15, -0.1) is 0 Å². The minimum absolute atomic E-state index is 0.110. The highest BCUT2D eigenvalue weighted by atomic mass is 16.5. The third-order valence-corrected chi connectivity index (χ3v) is 5.69. The molecular formula is C27H24N2O3. The first-order valence-corrected chi connectivity index (χ1v) is 10.8. The van der Waals surface area contributed by atoms with Crippen molar-refractivity contribution in [2.24, 2.45) is 5.92 Å². The lowest BCUT2D eigenvalue weighted by Crippen LogP contribution is -2.32. The van der Waals surface area contributed by atoms with Crippen LogP contribution < -0.4 is 10.3 Å². The Morgan fingerprint density at radius 1 is 1.00 bits per heavy atom. The topological polar surface area (TPSA) is 64.4 Å². The number of fused-ring (bicyclic) bond motifs is 2. The molecule has 0 fully saturated rings. The number of benzene rings is 3. The summed E-state index contributed by atoms with van der Waals surface area (Å²) < 4.78 is 7.83. The quantitative estimate of drug-likeness (QED) is 0.418. The Labute approximate surface area is 186 Å². The number of phenols is 1. The summed E-state index contributed by atoms with van der Waals surface area (Å²) in [6.45, 7) is 4.20. The molecule has 0 spiro atoms. The van der Waals surface area contributed by atoms with E-state index in [2.05, 4.69) is 13.8 Å².